The van der Waals surface area contributed by atoms with Gasteiger partial charge in [-0.25, -0.2) is 0 Å². The molecule has 0 radical (unpaired) electrons. The van der Waals surface area contributed by atoms with E-state index in [0.29, 0.717) is 6.54 Å². The van der Waals surface area contributed by atoms with Crippen LogP contribution in [0.2, 0.25) is 5.02 Å². The molecular weight excluding hydrogens is 357 g/mol. The molecule has 0 saturated heterocycles. The molecule has 0 spiro atoms. The topological polar surface area (TPSA) is 58.2 Å². The number of alkyl halides is 3. The Labute approximate surface area is 150 Å². The van der Waals surface area contributed by atoms with Gasteiger partial charge in [-0.05, 0) is 38.5 Å². The van der Waals surface area contributed by atoms with Crippen molar-refractivity contribution in [1.29, 1.82) is 0 Å². The molecule has 2 N–H and O–H groups in total. The second-order valence-corrected chi connectivity index (χ2v) is 6.67. The minimum Gasteiger partial charge on any atom is -0.355 e. The minimum absolute atomic E-state index is 0.0988. The van der Waals surface area contributed by atoms with Gasteiger partial charge < -0.3 is 10.6 Å². The number of amides is 2. The molecule has 1 aromatic rings. The summed E-state index contributed by atoms with van der Waals surface area (Å²) in [6.45, 7) is 5.16. The van der Waals surface area contributed by atoms with E-state index >= 15 is 0 Å². The van der Waals surface area contributed by atoms with Gasteiger partial charge in [0.25, 0.3) is 0 Å². The molecule has 0 aromatic heterocycles. The van der Waals surface area contributed by atoms with Gasteiger partial charge >= 0.3 is 6.18 Å². The fourth-order valence-electron chi connectivity index (χ4n) is 2.04. The predicted molar refractivity (Wildman–Crippen MR) is 91.4 cm³/mol. The minimum atomic E-state index is -4.68. The largest absolute Gasteiger partial charge is 0.418 e. The van der Waals surface area contributed by atoms with E-state index in [0.717, 1.165) is 31.4 Å². The second kappa shape index (κ2) is 8.56. The zero-order chi connectivity index (χ0) is 19.3. The average molecular weight is 379 g/mol. The smallest absolute Gasteiger partial charge is 0.355 e. The van der Waals surface area contributed by atoms with Crippen LogP contribution in [0.15, 0.2) is 18.2 Å². The Kier molecular flexibility index (Phi) is 7.29. The van der Waals surface area contributed by atoms with Crippen molar-refractivity contribution in [2.24, 2.45) is 5.41 Å². The number of benzene rings is 1. The molecule has 0 bridgehead atoms. The predicted octanol–water partition coefficient (Wildman–Crippen LogP) is 4.63. The number of nitrogens with one attached hydrogen (secondary N) is 2. The summed E-state index contributed by atoms with van der Waals surface area (Å²) in [5.41, 5.74) is -3.02. The summed E-state index contributed by atoms with van der Waals surface area (Å²) in [6.07, 6.45) is -1.99. The molecule has 4 nitrogen and oxygen atoms in total. The van der Waals surface area contributed by atoms with Crippen molar-refractivity contribution in [1.82, 2.24) is 5.32 Å². The van der Waals surface area contributed by atoms with Crippen LogP contribution in [0.5, 0.6) is 0 Å². The molecule has 0 aliphatic heterocycles. The molecule has 0 atom stereocenters. The maximum Gasteiger partial charge on any atom is 0.418 e. The maximum atomic E-state index is 13.1. The van der Waals surface area contributed by atoms with Crippen LogP contribution in [0.3, 0.4) is 0 Å². The number of hydrogen-bond donors (Lipinski definition) is 2. The van der Waals surface area contributed by atoms with Crippen LogP contribution in [-0.4, -0.2) is 18.4 Å². The van der Waals surface area contributed by atoms with Crippen molar-refractivity contribution in [3.05, 3.63) is 28.8 Å². The van der Waals surface area contributed by atoms with Crippen molar-refractivity contribution >= 4 is 29.1 Å². The molecule has 25 heavy (non-hydrogen) atoms. The lowest BCUT2D eigenvalue weighted by Gasteiger charge is -2.24. The van der Waals surface area contributed by atoms with Crippen LogP contribution in [0.25, 0.3) is 0 Å². The summed E-state index contributed by atoms with van der Waals surface area (Å²) in [5.74, 6) is -1.36. The third kappa shape index (κ3) is 5.92. The lowest BCUT2D eigenvalue weighted by molar-refractivity contribution is -0.138. The number of hydrogen-bond acceptors (Lipinski definition) is 2. The highest BCUT2D eigenvalue weighted by atomic mass is 35.5. The number of carbonyl (C=O) groups excluding carboxylic acids is 2. The Morgan fingerprint density at radius 3 is 2.32 bits per heavy atom. The highest BCUT2D eigenvalue weighted by Gasteiger charge is 2.39. The fourth-order valence-corrected chi connectivity index (χ4v) is 2.21. The molecule has 0 aliphatic carbocycles. The monoisotopic (exact) mass is 378 g/mol. The zero-order valence-electron chi connectivity index (χ0n) is 14.4. The summed E-state index contributed by atoms with van der Waals surface area (Å²) in [6, 6.07) is 3.04. The summed E-state index contributed by atoms with van der Waals surface area (Å²) in [7, 11) is 0. The second-order valence-electron chi connectivity index (χ2n) is 6.23. The average Bonchev–Trinajstić information content (AvgIpc) is 2.51. The summed E-state index contributed by atoms with van der Waals surface area (Å²) in [4.78, 5) is 24.5. The van der Waals surface area contributed by atoms with Crippen molar-refractivity contribution in [2.75, 3.05) is 11.9 Å². The van der Waals surface area contributed by atoms with E-state index in [9.17, 15) is 22.8 Å². The SMILES string of the molecule is CCCCCNC(=O)C(C)(C)C(=O)Nc1ccc(Cl)cc1C(F)(F)F. The van der Waals surface area contributed by atoms with Crippen LogP contribution < -0.4 is 10.6 Å². The van der Waals surface area contributed by atoms with Gasteiger partial charge in [-0.1, -0.05) is 31.4 Å². The van der Waals surface area contributed by atoms with Crippen LogP contribution in [-0.2, 0) is 15.8 Å². The van der Waals surface area contributed by atoms with Crippen LogP contribution >= 0.6 is 11.6 Å². The van der Waals surface area contributed by atoms with Crippen LogP contribution in [0, 0.1) is 5.41 Å². The molecule has 0 unspecified atom stereocenters. The first-order chi connectivity index (χ1) is 11.5. The van der Waals surface area contributed by atoms with E-state index in [2.05, 4.69) is 10.6 Å². The molecule has 1 aromatic carbocycles. The van der Waals surface area contributed by atoms with Crippen molar-refractivity contribution < 1.29 is 22.8 Å². The standard InChI is InChI=1S/C17H22ClF3N2O2/c1-4-5-6-9-22-14(24)16(2,3)15(25)23-13-8-7-11(18)10-12(13)17(19,20)21/h7-8,10H,4-6,9H2,1-3H3,(H,22,24)(H,23,25). The molecule has 2 amide bonds. The van der Waals surface area contributed by atoms with Gasteiger partial charge in [0.05, 0.1) is 11.3 Å². The van der Waals surface area contributed by atoms with Gasteiger partial charge in [0.15, 0.2) is 0 Å². The third-order valence-corrected chi connectivity index (χ3v) is 3.97. The quantitative estimate of drug-likeness (QED) is 0.537. The van der Waals surface area contributed by atoms with Gasteiger partial charge in [-0.2, -0.15) is 13.2 Å². The van der Waals surface area contributed by atoms with Gasteiger partial charge in [0.2, 0.25) is 11.8 Å². The Bertz CT molecular complexity index is 631. The van der Waals surface area contributed by atoms with Gasteiger partial charge in [-0.3, -0.25) is 9.59 Å². The van der Waals surface area contributed by atoms with E-state index in [1.807, 2.05) is 6.92 Å². The number of carbonyl (C=O) groups is 2. The summed E-state index contributed by atoms with van der Waals surface area (Å²) < 4.78 is 39.3. The lowest BCUT2D eigenvalue weighted by atomic mass is 9.90. The molecule has 0 heterocycles. The normalized spacial score (nSPS) is 12.0. The first kappa shape index (κ1) is 21.3. The van der Waals surface area contributed by atoms with Crippen LogP contribution in [0.4, 0.5) is 18.9 Å². The van der Waals surface area contributed by atoms with Crippen molar-refractivity contribution in [3.63, 3.8) is 0 Å². The van der Waals surface area contributed by atoms with Gasteiger partial charge in [0.1, 0.15) is 5.41 Å². The zero-order valence-corrected chi connectivity index (χ0v) is 15.1. The Hall–Kier alpha value is -1.76. The molecule has 8 heteroatoms. The number of halogens is 4. The van der Waals surface area contributed by atoms with Crippen LogP contribution in [0.1, 0.15) is 45.6 Å². The van der Waals surface area contributed by atoms with Gasteiger partial charge in [-0.15, -0.1) is 0 Å². The first-order valence-electron chi connectivity index (χ1n) is 7.96. The highest BCUT2D eigenvalue weighted by Crippen LogP contribution is 2.37. The Balaban J connectivity index is 2.89. The summed E-state index contributed by atoms with van der Waals surface area (Å²) >= 11 is 5.61. The fraction of sp³-hybridized carbons (Fsp3) is 0.529. The number of unbranched alkanes of at least 4 members (excludes halogenated alkanes) is 2. The van der Waals surface area contributed by atoms with E-state index in [1.165, 1.54) is 19.9 Å². The van der Waals surface area contributed by atoms with E-state index in [4.69, 9.17) is 11.6 Å². The van der Waals surface area contributed by atoms with E-state index in [1.54, 1.807) is 0 Å². The van der Waals surface area contributed by atoms with Gasteiger partial charge in [0, 0.05) is 11.6 Å². The number of rotatable bonds is 7. The van der Waals surface area contributed by atoms with E-state index in [-0.39, 0.29) is 5.02 Å². The maximum absolute atomic E-state index is 13.1. The number of anilines is 1. The molecule has 0 fully saturated rings. The molecule has 140 valence electrons. The van der Waals surface area contributed by atoms with Crippen molar-refractivity contribution in [3.8, 4) is 0 Å². The highest BCUT2D eigenvalue weighted by molar-refractivity contribution is 6.30. The summed E-state index contributed by atoms with van der Waals surface area (Å²) in [5, 5.41) is 4.73. The Morgan fingerprint density at radius 2 is 1.76 bits per heavy atom. The Morgan fingerprint density at radius 1 is 1.12 bits per heavy atom. The molecule has 1 rings (SSSR count). The van der Waals surface area contributed by atoms with Crippen molar-refractivity contribution in [2.45, 2.75) is 46.2 Å². The first-order valence-corrected chi connectivity index (χ1v) is 8.34. The lowest BCUT2D eigenvalue weighted by Crippen LogP contribution is -2.45. The third-order valence-electron chi connectivity index (χ3n) is 3.74. The molecular formula is C17H22ClF3N2O2. The molecule has 0 saturated carbocycles. The van der Waals surface area contributed by atoms with E-state index < -0.39 is 34.7 Å². The molecule has 0 aliphatic rings.